The van der Waals surface area contributed by atoms with E-state index in [1.165, 1.54) is 19.2 Å². The molecule has 0 aromatic heterocycles. The molecule has 1 saturated heterocycles. The van der Waals surface area contributed by atoms with E-state index in [9.17, 15) is 20.0 Å². The number of nitrogens with zero attached hydrogens (tertiary/aromatic N) is 3. The van der Waals surface area contributed by atoms with Crippen molar-refractivity contribution in [2.24, 2.45) is 0 Å². The molecule has 1 heterocycles. The first-order valence-corrected chi connectivity index (χ1v) is 9.31. The van der Waals surface area contributed by atoms with Crippen LogP contribution in [0.5, 0.6) is 11.5 Å². The zero-order chi connectivity index (χ0) is 21.0. The molecule has 2 aromatic carbocycles. The Morgan fingerprint density at radius 1 is 1.21 bits per heavy atom. The Morgan fingerprint density at radius 3 is 2.52 bits per heavy atom. The van der Waals surface area contributed by atoms with Gasteiger partial charge in [-0.1, -0.05) is 12.1 Å². The van der Waals surface area contributed by atoms with Gasteiger partial charge in [0.25, 0.3) is 5.69 Å². The zero-order valence-corrected chi connectivity index (χ0v) is 16.4. The molecule has 0 spiro atoms. The van der Waals surface area contributed by atoms with Crippen molar-refractivity contribution in [3.63, 3.8) is 0 Å². The molecule has 0 saturated carbocycles. The summed E-state index contributed by atoms with van der Waals surface area (Å²) in [5.74, 6) is 0.274. The summed E-state index contributed by atoms with van der Waals surface area (Å²) in [5.41, 5.74) is 0.702. The van der Waals surface area contributed by atoms with Crippen LogP contribution in [0.4, 0.5) is 17.1 Å². The third-order valence-electron chi connectivity index (χ3n) is 5.12. The number of benzene rings is 2. The van der Waals surface area contributed by atoms with E-state index in [1.54, 1.807) is 25.1 Å². The van der Waals surface area contributed by atoms with Gasteiger partial charge in [-0.15, -0.1) is 0 Å². The van der Waals surface area contributed by atoms with Gasteiger partial charge in [-0.3, -0.25) is 19.8 Å². The van der Waals surface area contributed by atoms with Crippen LogP contribution < -0.4 is 15.0 Å². The summed E-state index contributed by atoms with van der Waals surface area (Å²) in [6, 6.07) is 11.0. The lowest BCUT2D eigenvalue weighted by atomic mass is 10.1. The highest BCUT2D eigenvalue weighted by molar-refractivity contribution is 5.96. The molecule has 0 bridgehead atoms. The first kappa shape index (κ1) is 20.4. The number of amides is 1. The normalized spacial score (nSPS) is 15.6. The fourth-order valence-electron chi connectivity index (χ4n) is 3.38. The first-order chi connectivity index (χ1) is 13.9. The molecule has 3 rings (SSSR count). The number of nitrogens with one attached hydrogen (secondary N) is 1. The van der Waals surface area contributed by atoms with Gasteiger partial charge in [-0.25, -0.2) is 0 Å². The van der Waals surface area contributed by atoms with E-state index in [0.29, 0.717) is 31.9 Å². The number of phenolic OH excluding ortho intramolecular Hbond substituents is 1. The van der Waals surface area contributed by atoms with E-state index in [1.807, 2.05) is 17.0 Å². The van der Waals surface area contributed by atoms with Gasteiger partial charge >= 0.3 is 0 Å². The van der Waals surface area contributed by atoms with E-state index < -0.39 is 11.0 Å². The second kappa shape index (κ2) is 8.78. The van der Waals surface area contributed by atoms with Crippen molar-refractivity contribution in [2.75, 3.05) is 43.5 Å². The molecule has 2 aromatic rings. The minimum Gasteiger partial charge on any atom is -0.506 e. The average molecular weight is 400 g/mol. The van der Waals surface area contributed by atoms with E-state index in [2.05, 4.69) is 10.2 Å². The molecule has 0 unspecified atom stereocenters. The molecule has 29 heavy (non-hydrogen) atoms. The second-order valence-electron chi connectivity index (χ2n) is 6.82. The number of carbonyl (C=O) groups is 1. The van der Waals surface area contributed by atoms with Gasteiger partial charge in [-0.2, -0.15) is 0 Å². The van der Waals surface area contributed by atoms with Gasteiger partial charge < -0.3 is 20.1 Å². The molecular formula is C20H24N4O5. The number of para-hydroxylation sites is 2. The zero-order valence-electron chi connectivity index (χ0n) is 16.4. The van der Waals surface area contributed by atoms with E-state index in [-0.39, 0.29) is 23.0 Å². The Hall–Kier alpha value is -3.33. The smallest absolute Gasteiger partial charge is 0.296 e. The summed E-state index contributed by atoms with van der Waals surface area (Å²) in [6.07, 6.45) is 0. The van der Waals surface area contributed by atoms with Crippen molar-refractivity contribution in [1.29, 1.82) is 0 Å². The van der Waals surface area contributed by atoms with Crippen LogP contribution >= 0.6 is 0 Å². The third kappa shape index (κ3) is 4.57. The van der Waals surface area contributed by atoms with Crippen LogP contribution in [0.25, 0.3) is 0 Å². The molecule has 0 aliphatic carbocycles. The lowest BCUT2D eigenvalue weighted by Crippen LogP contribution is -2.52. The van der Waals surface area contributed by atoms with Crippen molar-refractivity contribution >= 4 is 23.0 Å². The van der Waals surface area contributed by atoms with Crippen molar-refractivity contribution in [3.05, 3.63) is 52.6 Å². The predicted molar refractivity (Wildman–Crippen MR) is 110 cm³/mol. The molecule has 1 atom stereocenters. The molecule has 154 valence electrons. The Kier molecular flexibility index (Phi) is 6.18. The first-order valence-electron chi connectivity index (χ1n) is 9.31. The molecular weight excluding hydrogens is 376 g/mol. The van der Waals surface area contributed by atoms with Gasteiger partial charge in [0.15, 0.2) is 0 Å². The fraction of sp³-hybridized carbons (Fsp3) is 0.350. The van der Waals surface area contributed by atoms with Crippen LogP contribution in [0, 0.1) is 10.1 Å². The van der Waals surface area contributed by atoms with Crippen molar-refractivity contribution < 1.29 is 19.6 Å². The van der Waals surface area contributed by atoms with Gasteiger partial charge in [0.1, 0.15) is 17.2 Å². The van der Waals surface area contributed by atoms with Gasteiger partial charge in [0.05, 0.1) is 29.8 Å². The summed E-state index contributed by atoms with van der Waals surface area (Å²) in [6.45, 7) is 4.37. The number of methoxy groups -OCH3 is 1. The third-order valence-corrected chi connectivity index (χ3v) is 5.12. The predicted octanol–water partition coefficient (Wildman–Crippen LogP) is 2.46. The van der Waals surface area contributed by atoms with Crippen LogP contribution in [-0.4, -0.2) is 60.2 Å². The summed E-state index contributed by atoms with van der Waals surface area (Å²) in [7, 11) is 1.42. The Labute approximate surface area is 168 Å². The SMILES string of the molecule is COc1ccc(NC(=O)[C@H](C)N2CCN(c3ccccc3O)CC2)c([N+](=O)[O-])c1. The maximum absolute atomic E-state index is 12.7. The highest BCUT2D eigenvalue weighted by Crippen LogP contribution is 2.30. The maximum atomic E-state index is 12.7. The number of ether oxygens (including phenoxy) is 1. The average Bonchev–Trinajstić information content (AvgIpc) is 2.73. The Balaban J connectivity index is 1.63. The monoisotopic (exact) mass is 400 g/mol. The summed E-state index contributed by atoms with van der Waals surface area (Å²) < 4.78 is 5.01. The van der Waals surface area contributed by atoms with E-state index >= 15 is 0 Å². The number of rotatable bonds is 6. The number of nitro groups is 1. The number of aromatic hydroxyl groups is 1. The number of nitro benzene ring substituents is 1. The van der Waals surface area contributed by atoms with E-state index in [0.717, 1.165) is 5.69 Å². The van der Waals surface area contributed by atoms with Crippen LogP contribution in [0.15, 0.2) is 42.5 Å². The standard InChI is InChI=1S/C20H24N4O5/c1-14(20(26)21-16-8-7-15(29-2)13-18(16)24(27)28)22-9-11-23(12-10-22)17-5-3-4-6-19(17)25/h3-8,13-14,25H,9-12H2,1-2H3,(H,21,26)/t14-/m0/s1. The van der Waals surface area contributed by atoms with Gasteiger partial charge in [0.2, 0.25) is 5.91 Å². The van der Waals surface area contributed by atoms with Crippen molar-refractivity contribution in [3.8, 4) is 11.5 Å². The summed E-state index contributed by atoms with van der Waals surface area (Å²) in [5, 5.41) is 24.0. The number of anilines is 2. The molecule has 1 aliphatic heterocycles. The second-order valence-corrected chi connectivity index (χ2v) is 6.82. The summed E-state index contributed by atoms with van der Waals surface area (Å²) in [4.78, 5) is 27.5. The molecule has 0 radical (unpaired) electrons. The maximum Gasteiger partial charge on any atom is 0.296 e. The molecule has 1 amide bonds. The molecule has 2 N–H and O–H groups in total. The van der Waals surface area contributed by atoms with Gasteiger partial charge in [0, 0.05) is 26.2 Å². The molecule has 9 heteroatoms. The summed E-state index contributed by atoms with van der Waals surface area (Å²) >= 11 is 0. The molecule has 9 nitrogen and oxygen atoms in total. The lowest BCUT2D eigenvalue weighted by Gasteiger charge is -2.38. The minimum atomic E-state index is -0.548. The number of hydrogen-bond donors (Lipinski definition) is 2. The number of piperazine rings is 1. The van der Waals surface area contributed by atoms with Crippen LogP contribution in [0.2, 0.25) is 0 Å². The van der Waals surface area contributed by atoms with Crippen LogP contribution in [-0.2, 0) is 4.79 Å². The van der Waals surface area contributed by atoms with Crippen LogP contribution in [0.1, 0.15) is 6.92 Å². The Morgan fingerprint density at radius 2 is 1.90 bits per heavy atom. The quantitative estimate of drug-likeness (QED) is 0.566. The van der Waals surface area contributed by atoms with E-state index in [4.69, 9.17) is 4.74 Å². The van der Waals surface area contributed by atoms with Crippen LogP contribution in [0.3, 0.4) is 0 Å². The molecule has 1 aliphatic rings. The minimum absolute atomic E-state index is 0.139. The Bertz CT molecular complexity index is 896. The number of hydrogen-bond acceptors (Lipinski definition) is 7. The highest BCUT2D eigenvalue weighted by Gasteiger charge is 2.28. The lowest BCUT2D eigenvalue weighted by molar-refractivity contribution is -0.384. The number of carbonyl (C=O) groups excluding carboxylic acids is 1. The fourth-order valence-corrected chi connectivity index (χ4v) is 3.38. The van der Waals surface area contributed by atoms with Crippen molar-refractivity contribution in [2.45, 2.75) is 13.0 Å². The topological polar surface area (TPSA) is 108 Å². The van der Waals surface area contributed by atoms with Gasteiger partial charge in [-0.05, 0) is 31.2 Å². The highest BCUT2D eigenvalue weighted by atomic mass is 16.6. The van der Waals surface area contributed by atoms with Crippen molar-refractivity contribution in [1.82, 2.24) is 4.90 Å². The largest absolute Gasteiger partial charge is 0.506 e. The number of phenols is 1. The molecule has 1 fully saturated rings.